The van der Waals surface area contributed by atoms with Gasteiger partial charge in [0.15, 0.2) is 0 Å². The number of nitrogens with zero attached hydrogens (tertiary/aromatic N) is 1. The van der Waals surface area contributed by atoms with Gasteiger partial charge in [-0.1, -0.05) is 6.92 Å². The smallest absolute Gasteiger partial charge is 0.243 e. The van der Waals surface area contributed by atoms with Gasteiger partial charge in [0.1, 0.15) is 5.75 Å². The van der Waals surface area contributed by atoms with Crippen LogP contribution in [-0.4, -0.2) is 44.6 Å². The number of hydrogen-bond acceptors (Lipinski definition) is 4. The second-order valence-electron chi connectivity index (χ2n) is 5.64. The molecule has 0 spiro atoms. The van der Waals surface area contributed by atoms with Gasteiger partial charge in [-0.25, -0.2) is 8.42 Å². The lowest BCUT2D eigenvalue weighted by Crippen LogP contribution is -2.48. The lowest BCUT2D eigenvalue weighted by molar-refractivity contribution is -0.0440. The van der Waals surface area contributed by atoms with E-state index in [9.17, 15) is 8.42 Å². The molecule has 1 aliphatic heterocycles. The number of aryl methyl sites for hydroxylation is 1. The summed E-state index contributed by atoms with van der Waals surface area (Å²) in [4.78, 5) is 0.328. The van der Waals surface area contributed by atoms with Crippen LogP contribution in [0.5, 0.6) is 5.75 Å². The molecule has 0 aliphatic carbocycles. The first-order valence-corrected chi connectivity index (χ1v) is 9.23. The van der Waals surface area contributed by atoms with Crippen LogP contribution in [0.4, 0.5) is 0 Å². The molecule has 0 aromatic heterocycles. The van der Waals surface area contributed by atoms with Crippen molar-refractivity contribution in [2.75, 3.05) is 19.7 Å². The molecule has 2 atom stereocenters. The van der Waals surface area contributed by atoms with Gasteiger partial charge in [-0.2, -0.15) is 4.31 Å². The zero-order valence-electron chi connectivity index (χ0n) is 13.7. The molecule has 1 fully saturated rings. The summed E-state index contributed by atoms with van der Waals surface area (Å²) < 4.78 is 38.4. The molecule has 1 aliphatic rings. The first kappa shape index (κ1) is 17.2. The quantitative estimate of drug-likeness (QED) is 0.833. The van der Waals surface area contributed by atoms with E-state index in [0.29, 0.717) is 24.6 Å². The molecule has 0 radical (unpaired) electrons. The van der Waals surface area contributed by atoms with Gasteiger partial charge in [-0.3, -0.25) is 0 Å². The highest BCUT2D eigenvalue weighted by atomic mass is 32.2. The van der Waals surface area contributed by atoms with Crippen LogP contribution in [0, 0.1) is 0 Å². The summed E-state index contributed by atoms with van der Waals surface area (Å²) in [5.41, 5.74) is 0.914. The van der Waals surface area contributed by atoms with Crippen molar-refractivity contribution >= 4 is 10.0 Å². The maximum atomic E-state index is 12.8. The molecule has 1 heterocycles. The largest absolute Gasteiger partial charge is 0.494 e. The fourth-order valence-corrected chi connectivity index (χ4v) is 4.41. The van der Waals surface area contributed by atoms with Crippen molar-refractivity contribution in [3.05, 3.63) is 23.8 Å². The van der Waals surface area contributed by atoms with Crippen molar-refractivity contribution < 1.29 is 17.9 Å². The molecule has 0 unspecified atom stereocenters. The standard InChI is InChI=1S/C16H25NO4S/c1-5-14-9-15(7-8-16(14)20-6-2)22(18,19)17-10-12(3)21-13(4)11-17/h7-9,12-13H,5-6,10-11H2,1-4H3/t12-,13+. The summed E-state index contributed by atoms with van der Waals surface area (Å²) in [7, 11) is -3.49. The van der Waals surface area contributed by atoms with E-state index in [-0.39, 0.29) is 12.2 Å². The van der Waals surface area contributed by atoms with E-state index in [1.807, 2.05) is 27.7 Å². The van der Waals surface area contributed by atoms with Gasteiger partial charge in [0.2, 0.25) is 10.0 Å². The molecule has 5 nitrogen and oxygen atoms in total. The molecule has 1 saturated heterocycles. The topological polar surface area (TPSA) is 55.8 Å². The van der Waals surface area contributed by atoms with Crippen LogP contribution in [0.3, 0.4) is 0 Å². The molecule has 0 amide bonds. The summed E-state index contributed by atoms with van der Waals surface area (Å²) >= 11 is 0. The van der Waals surface area contributed by atoms with Crippen LogP contribution in [0.1, 0.15) is 33.3 Å². The minimum Gasteiger partial charge on any atom is -0.494 e. The second-order valence-corrected chi connectivity index (χ2v) is 7.57. The lowest BCUT2D eigenvalue weighted by Gasteiger charge is -2.34. The predicted octanol–water partition coefficient (Wildman–Crippen LogP) is 2.45. The van der Waals surface area contributed by atoms with Crippen LogP contribution in [0.25, 0.3) is 0 Å². The average molecular weight is 327 g/mol. The van der Waals surface area contributed by atoms with E-state index in [1.54, 1.807) is 18.2 Å². The summed E-state index contributed by atoms with van der Waals surface area (Å²) in [5.74, 6) is 0.757. The fourth-order valence-electron chi connectivity index (χ4n) is 2.76. The van der Waals surface area contributed by atoms with Gasteiger partial charge in [-0.05, 0) is 51.0 Å². The maximum Gasteiger partial charge on any atom is 0.243 e. The first-order chi connectivity index (χ1) is 10.4. The van der Waals surface area contributed by atoms with Gasteiger partial charge in [0.25, 0.3) is 0 Å². The molecule has 6 heteroatoms. The Bertz CT molecular complexity index is 605. The van der Waals surface area contributed by atoms with Crippen LogP contribution < -0.4 is 4.74 Å². The van der Waals surface area contributed by atoms with E-state index in [1.165, 1.54) is 4.31 Å². The van der Waals surface area contributed by atoms with Crippen LogP contribution in [-0.2, 0) is 21.2 Å². The molecule has 1 aromatic rings. The predicted molar refractivity (Wildman–Crippen MR) is 85.8 cm³/mol. The van der Waals surface area contributed by atoms with E-state index in [2.05, 4.69) is 0 Å². The highest BCUT2D eigenvalue weighted by molar-refractivity contribution is 7.89. The summed E-state index contributed by atoms with van der Waals surface area (Å²) in [6.07, 6.45) is 0.549. The Morgan fingerprint density at radius 2 is 1.86 bits per heavy atom. The third kappa shape index (κ3) is 3.62. The normalized spacial score (nSPS) is 23.5. The van der Waals surface area contributed by atoms with Gasteiger partial charge < -0.3 is 9.47 Å². The first-order valence-electron chi connectivity index (χ1n) is 7.79. The Balaban J connectivity index is 2.33. The molecule has 1 aromatic carbocycles. The third-order valence-corrected chi connectivity index (χ3v) is 5.56. The van der Waals surface area contributed by atoms with Gasteiger partial charge in [0, 0.05) is 13.1 Å². The summed E-state index contributed by atoms with van der Waals surface area (Å²) in [6, 6.07) is 5.11. The molecule has 2 rings (SSSR count). The Labute approximate surface area is 133 Å². The molecule has 0 bridgehead atoms. The van der Waals surface area contributed by atoms with Crippen molar-refractivity contribution in [3.8, 4) is 5.75 Å². The van der Waals surface area contributed by atoms with E-state index in [4.69, 9.17) is 9.47 Å². The Morgan fingerprint density at radius 3 is 2.41 bits per heavy atom. The average Bonchev–Trinajstić information content (AvgIpc) is 2.46. The number of benzene rings is 1. The number of ether oxygens (including phenoxy) is 2. The zero-order chi connectivity index (χ0) is 16.3. The van der Waals surface area contributed by atoms with E-state index in [0.717, 1.165) is 17.7 Å². The molecule has 0 saturated carbocycles. The number of sulfonamides is 1. The van der Waals surface area contributed by atoms with Crippen molar-refractivity contribution in [1.29, 1.82) is 0 Å². The van der Waals surface area contributed by atoms with E-state index < -0.39 is 10.0 Å². The lowest BCUT2D eigenvalue weighted by atomic mass is 10.1. The number of rotatable bonds is 5. The van der Waals surface area contributed by atoms with Crippen LogP contribution in [0.15, 0.2) is 23.1 Å². The molecule has 22 heavy (non-hydrogen) atoms. The highest BCUT2D eigenvalue weighted by Crippen LogP contribution is 2.27. The Kier molecular flexibility index (Phi) is 5.47. The zero-order valence-corrected chi connectivity index (χ0v) is 14.5. The molecule has 124 valence electrons. The third-order valence-electron chi connectivity index (χ3n) is 3.74. The van der Waals surface area contributed by atoms with Crippen LogP contribution >= 0.6 is 0 Å². The molecular formula is C16H25NO4S. The van der Waals surface area contributed by atoms with E-state index >= 15 is 0 Å². The SMILES string of the molecule is CCOc1ccc(S(=O)(=O)N2C[C@@H](C)O[C@@H](C)C2)cc1CC. The maximum absolute atomic E-state index is 12.8. The number of hydrogen-bond donors (Lipinski definition) is 0. The van der Waals surface area contributed by atoms with Gasteiger partial charge >= 0.3 is 0 Å². The summed E-state index contributed by atoms with van der Waals surface area (Å²) in [6.45, 7) is 9.05. The minimum atomic E-state index is -3.49. The van der Waals surface area contributed by atoms with Crippen LogP contribution in [0.2, 0.25) is 0 Å². The number of morpholine rings is 1. The fraction of sp³-hybridized carbons (Fsp3) is 0.625. The van der Waals surface area contributed by atoms with Crippen molar-refractivity contribution in [2.45, 2.75) is 51.2 Å². The molecular weight excluding hydrogens is 302 g/mol. The Hall–Kier alpha value is -1.11. The monoisotopic (exact) mass is 327 g/mol. The van der Waals surface area contributed by atoms with Crippen molar-refractivity contribution in [3.63, 3.8) is 0 Å². The highest BCUT2D eigenvalue weighted by Gasteiger charge is 2.32. The van der Waals surface area contributed by atoms with Gasteiger partial charge in [-0.15, -0.1) is 0 Å². The van der Waals surface area contributed by atoms with Crippen molar-refractivity contribution in [1.82, 2.24) is 4.31 Å². The van der Waals surface area contributed by atoms with Crippen molar-refractivity contribution in [2.24, 2.45) is 0 Å². The molecule has 0 N–H and O–H groups in total. The second kappa shape index (κ2) is 6.98. The minimum absolute atomic E-state index is 0.0909. The Morgan fingerprint density at radius 1 is 1.23 bits per heavy atom. The van der Waals surface area contributed by atoms with Gasteiger partial charge in [0.05, 0.1) is 23.7 Å². The summed E-state index contributed by atoms with van der Waals surface area (Å²) in [5, 5.41) is 0.